The first-order valence-electron chi connectivity index (χ1n) is 10.4. The Hall–Kier alpha value is -2.19. The molecule has 1 amide bonds. The largest absolute Gasteiger partial charge is 0.369 e. The zero-order chi connectivity index (χ0) is 21.9. The van der Waals surface area contributed by atoms with Gasteiger partial charge in [-0.2, -0.15) is 0 Å². The number of piperidine rings is 1. The van der Waals surface area contributed by atoms with Gasteiger partial charge in [-0.1, -0.05) is 35.9 Å². The van der Waals surface area contributed by atoms with Gasteiger partial charge in [-0.3, -0.25) is 9.69 Å². The molecule has 164 valence electrons. The van der Waals surface area contributed by atoms with Crippen LogP contribution in [-0.2, 0) is 20.6 Å². The molecule has 2 aliphatic heterocycles. The van der Waals surface area contributed by atoms with E-state index in [0.29, 0.717) is 32.0 Å². The Morgan fingerprint density at radius 3 is 2.50 bits per heavy atom. The summed E-state index contributed by atoms with van der Waals surface area (Å²) in [6, 6.07) is 9.27. The molecule has 3 rings (SSSR count). The highest BCUT2D eigenvalue weighted by Gasteiger charge is 2.43. The van der Waals surface area contributed by atoms with Gasteiger partial charge in [0.15, 0.2) is 5.96 Å². The fourth-order valence-electron chi connectivity index (χ4n) is 4.34. The van der Waals surface area contributed by atoms with Crippen molar-refractivity contribution in [2.24, 2.45) is 16.6 Å². The van der Waals surface area contributed by atoms with Crippen LogP contribution in [0.2, 0.25) is 0 Å². The zero-order valence-corrected chi connectivity index (χ0v) is 18.7. The van der Waals surface area contributed by atoms with Crippen LogP contribution in [0.25, 0.3) is 0 Å². The van der Waals surface area contributed by atoms with E-state index >= 15 is 0 Å². The number of rotatable bonds is 8. The van der Waals surface area contributed by atoms with Gasteiger partial charge in [-0.25, -0.2) is 17.7 Å². The lowest BCUT2D eigenvalue weighted by atomic mass is 9.93. The van der Waals surface area contributed by atoms with Crippen LogP contribution in [0, 0.1) is 5.92 Å². The fraction of sp³-hybridized carbons (Fsp3) is 0.545. The lowest BCUT2D eigenvalue weighted by Crippen LogP contribution is -2.44. The summed E-state index contributed by atoms with van der Waals surface area (Å²) in [5.41, 5.74) is 6.87. The number of nitrogens with zero attached hydrogens (tertiary/aromatic N) is 3. The van der Waals surface area contributed by atoms with E-state index in [4.69, 9.17) is 5.73 Å². The first kappa shape index (κ1) is 22.5. The van der Waals surface area contributed by atoms with Gasteiger partial charge in [0.05, 0.1) is 5.75 Å². The molecule has 1 unspecified atom stereocenters. The quantitative estimate of drug-likeness (QED) is 0.639. The summed E-state index contributed by atoms with van der Waals surface area (Å²) >= 11 is 0. The number of carbonyl (C=O) groups is 1. The van der Waals surface area contributed by atoms with E-state index in [9.17, 15) is 13.2 Å². The smallest absolute Gasteiger partial charge is 0.257 e. The number of hydrogen-bond donors (Lipinski definition) is 1. The van der Waals surface area contributed by atoms with Crippen molar-refractivity contribution in [2.45, 2.75) is 50.8 Å². The van der Waals surface area contributed by atoms with Crippen LogP contribution < -0.4 is 5.73 Å². The van der Waals surface area contributed by atoms with E-state index in [2.05, 4.69) is 11.6 Å². The van der Waals surface area contributed by atoms with Gasteiger partial charge < -0.3 is 5.73 Å². The summed E-state index contributed by atoms with van der Waals surface area (Å²) < 4.78 is 27.0. The van der Waals surface area contributed by atoms with Crippen molar-refractivity contribution in [2.75, 3.05) is 19.6 Å². The van der Waals surface area contributed by atoms with E-state index in [1.807, 2.05) is 37.3 Å². The third-order valence-corrected chi connectivity index (χ3v) is 7.76. The Morgan fingerprint density at radius 1 is 1.27 bits per heavy atom. The predicted octanol–water partition coefficient (Wildman–Crippen LogP) is 2.50. The monoisotopic (exact) mass is 432 g/mol. The topological polar surface area (TPSA) is 96.1 Å². The van der Waals surface area contributed by atoms with Crippen molar-refractivity contribution < 1.29 is 13.2 Å². The van der Waals surface area contributed by atoms with Crippen molar-refractivity contribution in [3.05, 3.63) is 48.0 Å². The van der Waals surface area contributed by atoms with Crippen LogP contribution in [0.4, 0.5) is 0 Å². The van der Waals surface area contributed by atoms with Gasteiger partial charge >= 0.3 is 0 Å². The second kappa shape index (κ2) is 8.89. The third-order valence-electron chi connectivity index (χ3n) is 5.91. The third kappa shape index (κ3) is 5.10. The normalized spacial score (nSPS) is 23.6. The molecule has 0 spiro atoms. The first-order valence-corrected chi connectivity index (χ1v) is 12.0. The van der Waals surface area contributed by atoms with Crippen molar-refractivity contribution in [1.29, 1.82) is 0 Å². The van der Waals surface area contributed by atoms with Gasteiger partial charge in [0.2, 0.25) is 10.0 Å². The Morgan fingerprint density at radius 2 is 1.90 bits per heavy atom. The maximum atomic E-state index is 12.8. The van der Waals surface area contributed by atoms with E-state index in [1.54, 1.807) is 16.1 Å². The molecular formula is C22H32N4O3S. The van der Waals surface area contributed by atoms with Crippen LogP contribution in [0.3, 0.4) is 0 Å². The molecule has 1 aromatic carbocycles. The van der Waals surface area contributed by atoms with Crippen LogP contribution in [-0.4, -0.2) is 54.7 Å². The van der Waals surface area contributed by atoms with E-state index in [-0.39, 0.29) is 17.6 Å². The Kier molecular flexibility index (Phi) is 6.67. The van der Waals surface area contributed by atoms with Gasteiger partial charge in [0.1, 0.15) is 5.54 Å². The van der Waals surface area contributed by atoms with E-state index in [0.717, 1.165) is 30.4 Å². The number of nitrogens with two attached hydrogens (primary N) is 1. The molecule has 7 nitrogen and oxygen atoms in total. The van der Waals surface area contributed by atoms with Crippen molar-refractivity contribution >= 4 is 21.9 Å². The number of hydrogen-bond acceptors (Lipinski definition) is 5. The molecule has 30 heavy (non-hydrogen) atoms. The Labute approximate surface area is 179 Å². The van der Waals surface area contributed by atoms with Crippen LogP contribution in [0.15, 0.2) is 47.5 Å². The minimum absolute atomic E-state index is 0.0368. The highest BCUT2D eigenvalue weighted by atomic mass is 32.2. The molecule has 0 aromatic heterocycles. The van der Waals surface area contributed by atoms with Gasteiger partial charge in [-0.15, -0.1) is 6.58 Å². The lowest BCUT2D eigenvalue weighted by molar-refractivity contribution is -0.130. The molecule has 2 heterocycles. The molecule has 1 fully saturated rings. The average molecular weight is 433 g/mol. The molecule has 1 aromatic rings. The summed E-state index contributed by atoms with van der Waals surface area (Å²) in [6.07, 6.45) is 2.85. The average Bonchev–Trinajstić information content (AvgIpc) is 2.88. The lowest BCUT2D eigenvalue weighted by Gasteiger charge is -2.32. The number of guanidine groups is 1. The minimum Gasteiger partial charge on any atom is -0.369 e. The number of benzene rings is 1. The number of sulfonamides is 1. The van der Waals surface area contributed by atoms with E-state index < -0.39 is 15.6 Å². The number of aliphatic imine (C=N–C) groups is 1. The van der Waals surface area contributed by atoms with Crippen molar-refractivity contribution in [3.63, 3.8) is 0 Å². The Bertz CT molecular complexity index is 921. The molecule has 1 atom stereocenters. The van der Waals surface area contributed by atoms with Crippen molar-refractivity contribution in [3.8, 4) is 0 Å². The Balaban J connectivity index is 1.50. The maximum absolute atomic E-state index is 12.8. The zero-order valence-electron chi connectivity index (χ0n) is 17.9. The van der Waals surface area contributed by atoms with Gasteiger partial charge in [-0.05, 0) is 44.6 Å². The second-order valence-electron chi connectivity index (χ2n) is 8.71. The minimum atomic E-state index is -3.31. The fourth-order valence-corrected chi connectivity index (χ4v) is 5.90. The van der Waals surface area contributed by atoms with Crippen LogP contribution in [0.5, 0.6) is 0 Å². The van der Waals surface area contributed by atoms with Gasteiger partial charge in [0.25, 0.3) is 5.91 Å². The highest BCUT2D eigenvalue weighted by molar-refractivity contribution is 7.88. The second-order valence-corrected chi connectivity index (χ2v) is 10.7. The molecule has 0 aliphatic carbocycles. The summed E-state index contributed by atoms with van der Waals surface area (Å²) in [7, 11) is -3.31. The summed E-state index contributed by atoms with van der Waals surface area (Å²) in [5.74, 6) is 0.592. The predicted molar refractivity (Wildman–Crippen MR) is 119 cm³/mol. The highest BCUT2D eigenvalue weighted by Crippen LogP contribution is 2.29. The first-order chi connectivity index (χ1) is 14.1. The molecule has 1 saturated heterocycles. The standard InChI is InChI=1S/C22H32N4O3S/c1-17(2)15-22(3)20(27)26(21(23)24-22)14-11-18-9-12-25(13-10-18)30(28,29)16-19-7-5-4-6-8-19/h4-8,18H,1,9-16H2,2-3H3,(H2,23,24). The number of amides is 1. The summed E-state index contributed by atoms with van der Waals surface area (Å²) in [5, 5.41) is 0. The molecule has 0 saturated carbocycles. The summed E-state index contributed by atoms with van der Waals surface area (Å²) in [6.45, 7) is 9.12. The molecule has 8 heteroatoms. The SMILES string of the molecule is C=C(C)CC1(C)N=C(N)N(CCC2CCN(S(=O)(=O)Cc3ccccc3)CC2)C1=O. The number of carbonyl (C=O) groups excluding carboxylic acids is 1. The van der Waals surface area contributed by atoms with E-state index in [1.165, 1.54) is 0 Å². The molecular weight excluding hydrogens is 400 g/mol. The van der Waals surface area contributed by atoms with Crippen LogP contribution >= 0.6 is 0 Å². The molecule has 2 aliphatic rings. The molecule has 0 radical (unpaired) electrons. The maximum Gasteiger partial charge on any atom is 0.257 e. The molecule has 0 bridgehead atoms. The van der Waals surface area contributed by atoms with Crippen molar-refractivity contribution in [1.82, 2.24) is 9.21 Å². The van der Waals surface area contributed by atoms with Gasteiger partial charge in [0, 0.05) is 26.1 Å². The summed E-state index contributed by atoms with van der Waals surface area (Å²) in [4.78, 5) is 18.8. The van der Waals surface area contributed by atoms with Crippen LogP contribution in [0.1, 0.15) is 45.1 Å². The molecule has 2 N–H and O–H groups in total.